The summed E-state index contributed by atoms with van der Waals surface area (Å²) in [6.45, 7) is 0.544. The fourth-order valence-electron chi connectivity index (χ4n) is 3.65. The predicted molar refractivity (Wildman–Crippen MR) is 58.4 cm³/mol. The van der Waals surface area contributed by atoms with Crippen molar-refractivity contribution in [3.63, 3.8) is 0 Å². The normalized spacial score (nSPS) is 40.1. The minimum absolute atomic E-state index is 0.0860. The summed E-state index contributed by atoms with van der Waals surface area (Å²) in [5.41, 5.74) is 5.72. The fourth-order valence-corrected chi connectivity index (χ4v) is 3.65. The van der Waals surface area contributed by atoms with Crippen LogP contribution < -0.4 is 5.73 Å². The Kier molecular flexibility index (Phi) is 3.01. The number of carbonyl (C=O) groups is 1. The lowest BCUT2D eigenvalue weighted by Crippen LogP contribution is -2.39. The van der Waals surface area contributed by atoms with E-state index in [9.17, 15) is 4.79 Å². The van der Waals surface area contributed by atoms with Crippen molar-refractivity contribution in [3.05, 3.63) is 0 Å². The number of rotatable bonds is 3. The zero-order chi connectivity index (χ0) is 10.9. The SMILES string of the molecule is NC[C@]1(CC(=O)O)CCC2CCC[C@H]2C1. The molecule has 0 amide bonds. The van der Waals surface area contributed by atoms with Crippen LogP contribution in [0.4, 0.5) is 0 Å². The number of fused-ring (bicyclic) bond motifs is 1. The summed E-state index contributed by atoms with van der Waals surface area (Å²) in [5.74, 6) is 0.956. The zero-order valence-corrected chi connectivity index (χ0v) is 9.24. The molecule has 0 aliphatic heterocycles. The highest BCUT2D eigenvalue weighted by Crippen LogP contribution is 2.50. The van der Waals surface area contributed by atoms with Crippen molar-refractivity contribution in [1.29, 1.82) is 0 Å². The van der Waals surface area contributed by atoms with Crippen molar-refractivity contribution in [2.75, 3.05) is 6.54 Å². The van der Waals surface area contributed by atoms with E-state index >= 15 is 0 Å². The first-order valence-corrected chi connectivity index (χ1v) is 6.07. The number of carboxylic acids is 1. The van der Waals surface area contributed by atoms with Gasteiger partial charge in [0.1, 0.15) is 0 Å². The molecule has 0 spiro atoms. The lowest BCUT2D eigenvalue weighted by molar-refractivity contribution is -0.140. The van der Waals surface area contributed by atoms with Gasteiger partial charge in [-0.25, -0.2) is 0 Å². The monoisotopic (exact) mass is 211 g/mol. The number of hydrogen-bond acceptors (Lipinski definition) is 2. The van der Waals surface area contributed by atoms with Crippen molar-refractivity contribution in [2.24, 2.45) is 23.0 Å². The van der Waals surface area contributed by atoms with Crippen LogP contribution in [0.2, 0.25) is 0 Å². The molecule has 0 bridgehead atoms. The van der Waals surface area contributed by atoms with Crippen LogP contribution in [0.15, 0.2) is 0 Å². The molecule has 3 nitrogen and oxygen atoms in total. The Morgan fingerprint density at radius 1 is 1.33 bits per heavy atom. The van der Waals surface area contributed by atoms with E-state index < -0.39 is 5.97 Å². The molecule has 0 radical (unpaired) electrons. The summed E-state index contributed by atoms with van der Waals surface area (Å²) < 4.78 is 0. The van der Waals surface area contributed by atoms with E-state index in [-0.39, 0.29) is 11.8 Å². The maximum atomic E-state index is 10.9. The summed E-state index contributed by atoms with van der Waals surface area (Å²) in [6.07, 6.45) is 7.55. The van der Waals surface area contributed by atoms with Crippen LogP contribution in [0.1, 0.15) is 44.9 Å². The zero-order valence-electron chi connectivity index (χ0n) is 9.24. The van der Waals surface area contributed by atoms with Gasteiger partial charge in [-0.1, -0.05) is 19.3 Å². The molecule has 15 heavy (non-hydrogen) atoms. The topological polar surface area (TPSA) is 63.3 Å². The van der Waals surface area contributed by atoms with Crippen LogP contribution in [0.5, 0.6) is 0 Å². The van der Waals surface area contributed by atoms with Gasteiger partial charge in [-0.3, -0.25) is 4.79 Å². The number of aliphatic carboxylic acids is 1. The van der Waals surface area contributed by atoms with E-state index in [0.717, 1.165) is 24.7 Å². The minimum Gasteiger partial charge on any atom is -0.481 e. The van der Waals surface area contributed by atoms with E-state index in [0.29, 0.717) is 6.54 Å². The highest BCUT2D eigenvalue weighted by atomic mass is 16.4. The molecule has 0 aromatic heterocycles. The molecular formula is C12H21NO2. The van der Waals surface area contributed by atoms with Crippen molar-refractivity contribution in [3.8, 4) is 0 Å². The number of hydrogen-bond donors (Lipinski definition) is 2. The first-order chi connectivity index (χ1) is 7.15. The van der Waals surface area contributed by atoms with Crippen LogP contribution in [0.25, 0.3) is 0 Å². The van der Waals surface area contributed by atoms with Gasteiger partial charge in [0.05, 0.1) is 6.42 Å². The van der Waals surface area contributed by atoms with Gasteiger partial charge in [-0.2, -0.15) is 0 Å². The molecule has 2 saturated carbocycles. The third-order valence-electron chi connectivity index (χ3n) is 4.52. The quantitative estimate of drug-likeness (QED) is 0.750. The highest BCUT2D eigenvalue weighted by Gasteiger charge is 2.42. The third kappa shape index (κ3) is 2.17. The Balaban J connectivity index is 2.04. The van der Waals surface area contributed by atoms with Crippen LogP contribution in [0.3, 0.4) is 0 Å². The average Bonchev–Trinajstić information content (AvgIpc) is 2.63. The van der Waals surface area contributed by atoms with Crippen LogP contribution in [0, 0.1) is 17.3 Å². The highest BCUT2D eigenvalue weighted by molar-refractivity contribution is 5.67. The Morgan fingerprint density at radius 3 is 2.73 bits per heavy atom. The molecule has 3 N–H and O–H groups in total. The molecule has 1 unspecified atom stereocenters. The standard InChI is InChI=1S/C12H21NO2/c13-8-12(7-11(14)15)5-4-9-2-1-3-10(9)6-12/h9-10H,1-8,13H2,(H,14,15)/t9?,10-,12+/m0/s1. The van der Waals surface area contributed by atoms with Gasteiger partial charge in [-0.15, -0.1) is 0 Å². The number of nitrogens with two attached hydrogens (primary N) is 1. The molecule has 2 aliphatic rings. The van der Waals surface area contributed by atoms with Crippen molar-refractivity contribution >= 4 is 5.97 Å². The summed E-state index contributed by atoms with van der Waals surface area (Å²) in [4.78, 5) is 10.9. The molecule has 0 aromatic rings. The van der Waals surface area contributed by atoms with Crippen LogP contribution >= 0.6 is 0 Å². The Labute approximate surface area is 91.0 Å². The summed E-state index contributed by atoms with van der Waals surface area (Å²) in [7, 11) is 0. The Bertz CT molecular complexity index is 254. The van der Waals surface area contributed by atoms with Gasteiger partial charge in [0.2, 0.25) is 0 Å². The van der Waals surface area contributed by atoms with Gasteiger partial charge in [0.15, 0.2) is 0 Å². The second kappa shape index (κ2) is 4.12. The smallest absolute Gasteiger partial charge is 0.303 e. The first kappa shape index (κ1) is 10.9. The van der Waals surface area contributed by atoms with Crippen molar-refractivity contribution in [1.82, 2.24) is 0 Å². The molecule has 2 fully saturated rings. The van der Waals surface area contributed by atoms with Crippen molar-refractivity contribution < 1.29 is 9.90 Å². The Morgan fingerprint density at radius 2 is 2.07 bits per heavy atom. The fraction of sp³-hybridized carbons (Fsp3) is 0.917. The predicted octanol–water partition coefficient (Wildman–Crippen LogP) is 2.01. The molecule has 2 rings (SSSR count). The van der Waals surface area contributed by atoms with Gasteiger partial charge >= 0.3 is 5.97 Å². The molecule has 0 aromatic carbocycles. The largest absolute Gasteiger partial charge is 0.481 e. The second-order valence-corrected chi connectivity index (χ2v) is 5.47. The van der Waals surface area contributed by atoms with Crippen LogP contribution in [-0.2, 0) is 4.79 Å². The second-order valence-electron chi connectivity index (χ2n) is 5.47. The van der Waals surface area contributed by atoms with Gasteiger partial charge in [-0.05, 0) is 43.1 Å². The summed E-state index contributed by atoms with van der Waals surface area (Å²) in [6, 6.07) is 0. The lowest BCUT2D eigenvalue weighted by atomic mass is 9.65. The van der Waals surface area contributed by atoms with Crippen molar-refractivity contribution in [2.45, 2.75) is 44.9 Å². The molecule has 3 heteroatoms. The molecule has 86 valence electrons. The maximum absolute atomic E-state index is 10.9. The summed E-state index contributed by atoms with van der Waals surface area (Å²) >= 11 is 0. The van der Waals surface area contributed by atoms with E-state index in [1.165, 1.54) is 25.7 Å². The molecule has 3 atom stereocenters. The van der Waals surface area contributed by atoms with E-state index in [1.807, 2.05) is 0 Å². The molecule has 0 heterocycles. The first-order valence-electron chi connectivity index (χ1n) is 6.07. The summed E-state index contributed by atoms with van der Waals surface area (Å²) in [5, 5.41) is 8.95. The molecule has 0 saturated heterocycles. The lowest BCUT2D eigenvalue weighted by Gasteiger charge is -2.41. The Hall–Kier alpha value is -0.570. The average molecular weight is 211 g/mol. The van der Waals surface area contributed by atoms with Gasteiger partial charge < -0.3 is 10.8 Å². The van der Waals surface area contributed by atoms with E-state index in [2.05, 4.69) is 0 Å². The third-order valence-corrected chi connectivity index (χ3v) is 4.52. The minimum atomic E-state index is -0.683. The van der Waals surface area contributed by atoms with Gasteiger partial charge in [0, 0.05) is 0 Å². The number of carboxylic acid groups (broad SMARTS) is 1. The van der Waals surface area contributed by atoms with E-state index in [1.54, 1.807) is 0 Å². The maximum Gasteiger partial charge on any atom is 0.303 e. The van der Waals surface area contributed by atoms with E-state index in [4.69, 9.17) is 10.8 Å². The van der Waals surface area contributed by atoms with Gasteiger partial charge in [0.25, 0.3) is 0 Å². The molecular weight excluding hydrogens is 190 g/mol. The molecule has 2 aliphatic carbocycles. The van der Waals surface area contributed by atoms with Crippen LogP contribution in [-0.4, -0.2) is 17.6 Å².